The summed E-state index contributed by atoms with van der Waals surface area (Å²) in [5.74, 6) is 2.31. The number of fused-ring (bicyclic) bond motifs is 5. The van der Waals surface area contributed by atoms with Gasteiger partial charge in [0.05, 0.1) is 6.54 Å². The number of anilines is 3. The predicted molar refractivity (Wildman–Crippen MR) is 203 cm³/mol. The zero-order valence-corrected chi connectivity index (χ0v) is 31.2. The predicted octanol–water partition coefficient (Wildman–Crippen LogP) is 4.92. The smallest absolute Gasteiger partial charge is 0.328 e. The van der Waals surface area contributed by atoms with E-state index in [1.54, 1.807) is 6.08 Å². The molecule has 3 saturated heterocycles. The van der Waals surface area contributed by atoms with Crippen LogP contribution in [0.4, 0.5) is 17.6 Å². The van der Waals surface area contributed by atoms with E-state index in [0.717, 1.165) is 102 Å². The van der Waals surface area contributed by atoms with Crippen molar-refractivity contribution in [2.24, 2.45) is 28.6 Å². The third-order valence-electron chi connectivity index (χ3n) is 13.3. The molecule has 2 N–H and O–H groups in total. The average Bonchev–Trinajstić information content (AvgIpc) is 3.94. The molecule has 0 radical (unpaired) electrons. The molecule has 12 nitrogen and oxygen atoms in total. The zero-order valence-electron chi connectivity index (χ0n) is 31.2. The fourth-order valence-corrected chi connectivity index (χ4v) is 10.4. The lowest BCUT2D eigenvalue weighted by Crippen LogP contribution is -2.50. The average molecular weight is 727 g/mol. The van der Waals surface area contributed by atoms with Gasteiger partial charge in [0.25, 0.3) is 0 Å². The first kappa shape index (κ1) is 37.0. The van der Waals surface area contributed by atoms with Crippen molar-refractivity contribution in [3.8, 4) is 0 Å². The zero-order chi connectivity index (χ0) is 37.3. The molecular weight excluding hydrogens is 672 g/mol. The largest absolute Gasteiger partial charge is 0.478 e. The van der Waals surface area contributed by atoms with Crippen LogP contribution in [-0.2, 0) is 19.2 Å². The molecule has 0 amide bonds. The molecule has 7 aliphatic rings. The number of carbonyl (C=O) groups is 4. The van der Waals surface area contributed by atoms with Crippen LogP contribution in [-0.4, -0.2) is 107 Å². The molecule has 5 fully saturated rings. The van der Waals surface area contributed by atoms with Gasteiger partial charge in [-0.3, -0.25) is 14.5 Å². The highest BCUT2D eigenvalue weighted by Crippen LogP contribution is 2.64. The number of carboxylic acid groups (broad SMARTS) is 2. The van der Waals surface area contributed by atoms with E-state index in [9.17, 15) is 19.2 Å². The first-order chi connectivity index (χ1) is 25.4. The van der Waals surface area contributed by atoms with Crippen LogP contribution in [0.3, 0.4) is 0 Å². The van der Waals surface area contributed by atoms with Crippen LogP contribution >= 0.6 is 0 Å². The van der Waals surface area contributed by atoms with Gasteiger partial charge in [0.1, 0.15) is 17.4 Å². The van der Waals surface area contributed by atoms with E-state index in [1.807, 2.05) is 6.08 Å². The van der Waals surface area contributed by atoms with Crippen molar-refractivity contribution in [2.45, 2.75) is 71.6 Å². The summed E-state index contributed by atoms with van der Waals surface area (Å²) in [6.45, 7) is 13.1. The van der Waals surface area contributed by atoms with Crippen LogP contribution in [0.2, 0.25) is 0 Å². The van der Waals surface area contributed by atoms with Crippen molar-refractivity contribution in [2.75, 3.05) is 73.6 Å². The highest BCUT2D eigenvalue weighted by Gasteiger charge is 2.57. The van der Waals surface area contributed by atoms with Crippen LogP contribution < -0.4 is 14.7 Å². The number of nitrogens with zero attached hydrogens (tertiary/aromatic N) is 6. The van der Waals surface area contributed by atoms with E-state index < -0.39 is 11.9 Å². The molecular formula is C41H54N6O6. The van der Waals surface area contributed by atoms with Gasteiger partial charge < -0.3 is 24.9 Å². The number of aromatic nitrogens is 2. The third kappa shape index (κ3) is 7.57. The second-order valence-corrected chi connectivity index (χ2v) is 16.4. The maximum Gasteiger partial charge on any atom is 0.328 e. The van der Waals surface area contributed by atoms with Gasteiger partial charge in [0.15, 0.2) is 5.78 Å². The van der Waals surface area contributed by atoms with Crippen LogP contribution in [0, 0.1) is 28.6 Å². The van der Waals surface area contributed by atoms with E-state index in [0.29, 0.717) is 36.3 Å². The summed E-state index contributed by atoms with van der Waals surface area (Å²) in [6.07, 6.45) is 19.6. The summed E-state index contributed by atoms with van der Waals surface area (Å²) in [5, 5.41) is 15.6. The molecule has 53 heavy (non-hydrogen) atoms. The second kappa shape index (κ2) is 15.2. The van der Waals surface area contributed by atoms with E-state index in [-0.39, 0.29) is 22.5 Å². The molecule has 8 rings (SSSR count). The lowest BCUT2D eigenvalue weighted by Gasteiger charge is -2.52. The number of carboxylic acids is 2. The number of piperazine rings is 1. The Morgan fingerprint density at radius 3 is 2.06 bits per heavy atom. The van der Waals surface area contributed by atoms with Crippen LogP contribution in [0.1, 0.15) is 71.6 Å². The Bertz CT molecular complexity index is 1680. The molecule has 0 bridgehead atoms. The van der Waals surface area contributed by atoms with Crippen LogP contribution in [0.25, 0.3) is 0 Å². The van der Waals surface area contributed by atoms with Gasteiger partial charge in [-0.1, -0.05) is 30.2 Å². The van der Waals surface area contributed by atoms with E-state index >= 15 is 0 Å². The first-order valence-corrected chi connectivity index (χ1v) is 19.6. The standard InChI is InChI=1S/C37H50N6O2.C4H4O4/c1-36-13-11-27(44)23-26(36)7-8-28-29-9-10-31(37(29,2)14-12-30(28)36)32(45)25-40-19-21-42(22-20-40)34-24-33(41-15-3-4-16-41)38-35(39-34)43-17-5-6-18-43;5-3(6)1-2-4(7)8/h11-13,23-24,28-29,31H,3-10,14-22,25H2,1-2H3;1-2H,(H,5,6)(H,7,8)/t28-,29-,31+,36-,37-;/m0./s1. The number of aliphatic carboxylic acids is 2. The third-order valence-corrected chi connectivity index (χ3v) is 13.3. The molecule has 0 aromatic carbocycles. The summed E-state index contributed by atoms with van der Waals surface area (Å²) in [4.78, 5) is 64.9. The van der Waals surface area contributed by atoms with Crippen LogP contribution in [0.5, 0.6) is 0 Å². The minimum atomic E-state index is -1.26. The van der Waals surface area contributed by atoms with E-state index in [2.05, 4.69) is 51.7 Å². The fourth-order valence-electron chi connectivity index (χ4n) is 10.4. The molecule has 4 aliphatic carbocycles. The Labute approximate surface area is 312 Å². The number of carbonyl (C=O) groups excluding carboxylic acids is 2. The normalized spacial score (nSPS) is 31.0. The van der Waals surface area contributed by atoms with Gasteiger partial charge in [0.2, 0.25) is 5.95 Å². The minimum Gasteiger partial charge on any atom is -0.478 e. The maximum absolute atomic E-state index is 14.0. The van der Waals surface area contributed by atoms with Gasteiger partial charge >= 0.3 is 11.9 Å². The van der Waals surface area contributed by atoms with Crippen molar-refractivity contribution in [1.82, 2.24) is 14.9 Å². The molecule has 1 aromatic rings. The Hall–Kier alpha value is -4.32. The maximum atomic E-state index is 14.0. The number of hydrogen-bond acceptors (Lipinski definition) is 10. The highest BCUT2D eigenvalue weighted by molar-refractivity contribution is 6.01. The fraction of sp³-hybridized carbons (Fsp3) is 0.610. The molecule has 0 unspecified atom stereocenters. The summed E-state index contributed by atoms with van der Waals surface area (Å²) in [5.41, 5.74) is 2.72. The number of Topliss-reactive ketones (excluding diaryl/α,β-unsaturated/α-hetero) is 1. The van der Waals surface area contributed by atoms with Crippen molar-refractivity contribution in [3.63, 3.8) is 0 Å². The summed E-state index contributed by atoms with van der Waals surface area (Å²) >= 11 is 0. The number of rotatable bonds is 8. The monoisotopic (exact) mass is 726 g/mol. The van der Waals surface area contributed by atoms with Gasteiger partial charge in [-0.05, 0) is 94.1 Å². The molecule has 4 heterocycles. The van der Waals surface area contributed by atoms with Crippen molar-refractivity contribution in [1.29, 1.82) is 0 Å². The molecule has 12 heteroatoms. The van der Waals surface area contributed by atoms with Crippen molar-refractivity contribution < 1.29 is 29.4 Å². The van der Waals surface area contributed by atoms with Gasteiger partial charge in [-0.15, -0.1) is 0 Å². The summed E-state index contributed by atoms with van der Waals surface area (Å²) in [6, 6.07) is 2.21. The number of ketones is 2. The SMILES string of the molecule is C[C@]12C=CC(=O)C=C1CC[C@@H]1C2=CC[C@]2(C)[C@@H](C(=O)CN3CCN(c4cc(N5CCCC5)nc(N5CCCC5)n4)CC3)CC[C@@H]12.O=C(O)C=CC(=O)O. The van der Waals surface area contributed by atoms with E-state index in [1.165, 1.54) is 36.8 Å². The minimum absolute atomic E-state index is 0.0394. The Morgan fingerprint density at radius 1 is 0.830 bits per heavy atom. The van der Waals surface area contributed by atoms with Gasteiger partial charge in [-0.2, -0.15) is 9.97 Å². The van der Waals surface area contributed by atoms with Crippen molar-refractivity contribution in [3.05, 3.63) is 53.7 Å². The molecule has 1 aromatic heterocycles. The summed E-state index contributed by atoms with van der Waals surface area (Å²) in [7, 11) is 0. The molecule has 2 saturated carbocycles. The highest BCUT2D eigenvalue weighted by atomic mass is 16.4. The van der Waals surface area contributed by atoms with Crippen LogP contribution in [0.15, 0.2) is 53.7 Å². The Balaban J connectivity index is 0.000000491. The molecule has 0 spiro atoms. The van der Waals surface area contributed by atoms with Crippen molar-refractivity contribution >= 4 is 41.1 Å². The second-order valence-electron chi connectivity index (χ2n) is 16.4. The van der Waals surface area contributed by atoms with Gasteiger partial charge in [-0.25, -0.2) is 9.59 Å². The molecule has 284 valence electrons. The Morgan fingerprint density at radius 2 is 1.43 bits per heavy atom. The lowest BCUT2D eigenvalue weighted by molar-refractivity contribution is -0.134. The first-order valence-electron chi connectivity index (χ1n) is 19.6. The van der Waals surface area contributed by atoms with Gasteiger partial charge in [0, 0.05) is 81.9 Å². The molecule has 3 aliphatic heterocycles. The Kier molecular flexibility index (Phi) is 10.6. The topological polar surface area (TPSA) is 147 Å². The van der Waals surface area contributed by atoms with E-state index in [4.69, 9.17) is 20.2 Å². The lowest BCUT2D eigenvalue weighted by atomic mass is 9.52. The summed E-state index contributed by atoms with van der Waals surface area (Å²) < 4.78 is 0. The number of allylic oxidation sites excluding steroid dienone is 6. The quantitative estimate of drug-likeness (QED) is 0.277. The molecule has 5 atom stereocenters. The number of hydrogen-bond donors (Lipinski definition) is 2.